The standard InChI is InChI=1S/C20H18N4O3/c1-13(25)22-16-5-7-17(8-6-16)23-20(27)15-10-19(26)24(12-15)18-4-2-3-14(9-18)11-21/h2-9,15H,10,12H2,1H3,(H,22,25)(H,23,27). The third kappa shape index (κ3) is 4.30. The predicted molar refractivity (Wildman–Crippen MR) is 101 cm³/mol. The van der Waals surface area contributed by atoms with Gasteiger partial charge in [-0.05, 0) is 42.5 Å². The van der Waals surface area contributed by atoms with E-state index < -0.39 is 5.92 Å². The number of benzene rings is 2. The SMILES string of the molecule is CC(=O)Nc1ccc(NC(=O)C2CC(=O)N(c3cccc(C#N)c3)C2)cc1. The van der Waals surface area contributed by atoms with Crippen LogP contribution >= 0.6 is 0 Å². The minimum absolute atomic E-state index is 0.118. The summed E-state index contributed by atoms with van der Waals surface area (Å²) in [7, 11) is 0. The molecule has 0 aliphatic carbocycles. The van der Waals surface area contributed by atoms with Gasteiger partial charge in [0.2, 0.25) is 17.7 Å². The maximum absolute atomic E-state index is 12.5. The van der Waals surface area contributed by atoms with Crippen LogP contribution in [0.25, 0.3) is 0 Å². The van der Waals surface area contributed by atoms with Crippen molar-refractivity contribution in [2.24, 2.45) is 5.92 Å². The minimum atomic E-state index is -0.474. The Hall–Kier alpha value is -3.66. The Morgan fingerprint density at radius 3 is 2.41 bits per heavy atom. The van der Waals surface area contributed by atoms with E-state index in [0.29, 0.717) is 22.6 Å². The van der Waals surface area contributed by atoms with Crippen molar-refractivity contribution < 1.29 is 14.4 Å². The molecule has 0 saturated carbocycles. The van der Waals surface area contributed by atoms with Gasteiger partial charge < -0.3 is 15.5 Å². The molecule has 7 nitrogen and oxygen atoms in total. The number of rotatable bonds is 4. The molecule has 0 aromatic heterocycles. The normalized spacial score (nSPS) is 15.9. The number of nitrogens with one attached hydrogen (secondary N) is 2. The molecular formula is C20H18N4O3. The predicted octanol–water partition coefficient (Wildman–Crippen LogP) is 2.51. The molecule has 1 fully saturated rings. The topological polar surface area (TPSA) is 102 Å². The molecule has 2 N–H and O–H groups in total. The Kier molecular flexibility index (Phi) is 5.18. The summed E-state index contributed by atoms with van der Waals surface area (Å²) in [6.45, 7) is 1.69. The van der Waals surface area contributed by atoms with Crippen molar-refractivity contribution >= 4 is 34.8 Å². The molecule has 2 aromatic carbocycles. The van der Waals surface area contributed by atoms with Crippen molar-refractivity contribution in [1.82, 2.24) is 0 Å². The van der Waals surface area contributed by atoms with Gasteiger partial charge in [0, 0.05) is 37.0 Å². The highest BCUT2D eigenvalue weighted by Gasteiger charge is 2.35. The second kappa shape index (κ2) is 7.70. The first-order chi connectivity index (χ1) is 13.0. The number of hydrogen-bond acceptors (Lipinski definition) is 4. The molecule has 1 aliphatic rings. The smallest absolute Gasteiger partial charge is 0.229 e. The molecule has 1 aliphatic heterocycles. The number of nitriles is 1. The van der Waals surface area contributed by atoms with E-state index in [0.717, 1.165) is 0 Å². The molecule has 1 atom stereocenters. The van der Waals surface area contributed by atoms with E-state index in [9.17, 15) is 14.4 Å². The Morgan fingerprint density at radius 1 is 1.11 bits per heavy atom. The quantitative estimate of drug-likeness (QED) is 0.872. The summed E-state index contributed by atoms with van der Waals surface area (Å²) in [5, 5.41) is 14.5. The molecule has 1 heterocycles. The van der Waals surface area contributed by atoms with Crippen molar-refractivity contribution in [3.8, 4) is 6.07 Å². The van der Waals surface area contributed by atoms with Crippen LogP contribution in [0.3, 0.4) is 0 Å². The van der Waals surface area contributed by atoms with Crippen LogP contribution in [0.1, 0.15) is 18.9 Å². The van der Waals surface area contributed by atoms with E-state index in [1.165, 1.54) is 11.8 Å². The summed E-state index contributed by atoms with van der Waals surface area (Å²) >= 11 is 0. The summed E-state index contributed by atoms with van der Waals surface area (Å²) in [6.07, 6.45) is 0.118. The lowest BCUT2D eigenvalue weighted by Crippen LogP contribution is -2.28. The van der Waals surface area contributed by atoms with Gasteiger partial charge >= 0.3 is 0 Å². The highest BCUT2D eigenvalue weighted by atomic mass is 16.2. The Morgan fingerprint density at radius 2 is 1.78 bits per heavy atom. The van der Waals surface area contributed by atoms with Crippen LogP contribution in [-0.2, 0) is 14.4 Å². The number of anilines is 3. The van der Waals surface area contributed by atoms with E-state index in [2.05, 4.69) is 10.6 Å². The summed E-state index contributed by atoms with van der Waals surface area (Å²) in [6, 6.07) is 15.6. The molecular weight excluding hydrogens is 344 g/mol. The number of hydrogen-bond donors (Lipinski definition) is 2. The van der Waals surface area contributed by atoms with Crippen LogP contribution in [0, 0.1) is 17.2 Å². The zero-order valence-corrected chi connectivity index (χ0v) is 14.7. The number of nitrogens with zero attached hydrogens (tertiary/aromatic N) is 2. The fraction of sp³-hybridized carbons (Fsp3) is 0.200. The Labute approximate surface area is 156 Å². The van der Waals surface area contributed by atoms with Gasteiger partial charge in [0.1, 0.15) is 0 Å². The fourth-order valence-corrected chi connectivity index (χ4v) is 2.96. The van der Waals surface area contributed by atoms with Crippen LogP contribution in [-0.4, -0.2) is 24.3 Å². The zero-order chi connectivity index (χ0) is 19.4. The highest BCUT2D eigenvalue weighted by molar-refractivity contribution is 6.03. The third-order valence-electron chi connectivity index (χ3n) is 4.26. The second-order valence-corrected chi connectivity index (χ2v) is 6.32. The first kappa shape index (κ1) is 18.1. The zero-order valence-electron chi connectivity index (χ0n) is 14.7. The summed E-state index contributed by atoms with van der Waals surface area (Å²) in [4.78, 5) is 37.4. The second-order valence-electron chi connectivity index (χ2n) is 6.32. The van der Waals surface area contributed by atoms with Crippen LogP contribution in [0.15, 0.2) is 48.5 Å². The van der Waals surface area contributed by atoms with E-state index >= 15 is 0 Å². The van der Waals surface area contributed by atoms with Gasteiger partial charge in [0.15, 0.2) is 0 Å². The molecule has 136 valence electrons. The van der Waals surface area contributed by atoms with Crippen molar-refractivity contribution in [1.29, 1.82) is 5.26 Å². The molecule has 2 aromatic rings. The summed E-state index contributed by atoms with van der Waals surface area (Å²) in [5.41, 5.74) is 2.31. The van der Waals surface area contributed by atoms with Crippen LogP contribution < -0.4 is 15.5 Å². The van der Waals surface area contributed by atoms with E-state index in [-0.39, 0.29) is 30.7 Å². The molecule has 0 bridgehead atoms. The highest BCUT2D eigenvalue weighted by Crippen LogP contribution is 2.27. The van der Waals surface area contributed by atoms with Gasteiger partial charge in [-0.2, -0.15) is 5.26 Å². The van der Waals surface area contributed by atoms with Crippen LogP contribution in [0.2, 0.25) is 0 Å². The molecule has 7 heteroatoms. The lowest BCUT2D eigenvalue weighted by Gasteiger charge is -2.17. The first-order valence-corrected chi connectivity index (χ1v) is 8.45. The molecule has 1 unspecified atom stereocenters. The van der Waals surface area contributed by atoms with Gasteiger partial charge in [0.05, 0.1) is 17.6 Å². The van der Waals surface area contributed by atoms with E-state index in [4.69, 9.17) is 5.26 Å². The lowest BCUT2D eigenvalue weighted by molar-refractivity contribution is -0.122. The molecule has 0 radical (unpaired) electrons. The van der Waals surface area contributed by atoms with Crippen LogP contribution in [0.5, 0.6) is 0 Å². The van der Waals surface area contributed by atoms with Gasteiger partial charge in [-0.3, -0.25) is 14.4 Å². The van der Waals surface area contributed by atoms with Crippen LogP contribution in [0.4, 0.5) is 17.1 Å². The van der Waals surface area contributed by atoms with E-state index in [1.807, 2.05) is 6.07 Å². The van der Waals surface area contributed by atoms with Gasteiger partial charge in [-0.15, -0.1) is 0 Å². The summed E-state index contributed by atoms with van der Waals surface area (Å²) < 4.78 is 0. The third-order valence-corrected chi connectivity index (χ3v) is 4.26. The molecule has 0 spiro atoms. The molecule has 27 heavy (non-hydrogen) atoms. The fourth-order valence-electron chi connectivity index (χ4n) is 2.96. The maximum Gasteiger partial charge on any atom is 0.229 e. The average molecular weight is 362 g/mol. The maximum atomic E-state index is 12.5. The largest absolute Gasteiger partial charge is 0.326 e. The average Bonchev–Trinajstić information content (AvgIpc) is 3.05. The molecule has 3 amide bonds. The van der Waals surface area contributed by atoms with Gasteiger partial charge in [0.25, 0.3) is 0 Å². The molecule has 1 saturated heterocycles. The number of carbonyl (C=O) groups excluding carboxylic acids is 3. The van der Waals surface area contributed by atoms with Gasteiger partial charge in [-0.25, -0.2) is 0 Å². The lowest BCUT2D eigenvalue weighted by atomic mass is 10.1. The molecule has 3 rings (SSSR count). The van der Waals surface area contributed by atoms with Crippen molar-refractivity contribution in [3.05, 3.63) is 54.1 Å². The van der Waals surface area contributed by atoms with Crippen molar-refractivity contribution in [2.75, 3.05) is 22.1 Å². The Balaban J connectivity index is 1.65. The monoisotopic (exact) mass is 362 g/mol. The van der Waals surface area contributed by atoms with Gasteiger partial charge in [-0.1, -0.05) is 6.07 Å². The number of amides is 3. The van der Waals surface area contributed by atoms with Crippen molar-refractivity contribution in [3.63, 3.8) is 0 Å². The van der Waals surface area contributed by atoms with E-state index in [1.54, 1.807) is 48.5 Å². The Bertz CT molecular complexity index is 931. The minimum Gasteiger partial charge on any atom is -0.326 e. The number of carbonyl (C=O) groups is 3. The first-order valence-electron chi connectivity index (χ1n) is 8.45. The van der Waals surface area contributed by atoms with Crippen molar-refractivity contribution in [2.45, 2.75) is 13.3 Å². The summed E-state index contributed by atoms with van der Waals surface area (Å²) in [5.74, 6) is -1.03.